The van der Waals surface area contributed by atoms with E-state index in [1.165, 1.54) is 0 Å². The molecular formula is C18H18N6O2. The molecular weight excluding hydrogens is 332 g/mol. The summed E-state index contributed by atoms with van der Waals surface area (Å²) in [5.41, 5.74) is 0.234. The van der Waals surface area contributed by atoms with Gasteiger partial charge in [-0.2, -0.15) is 15.6 Å². The first-order valence-corrected chi connectivity index (χ1v) is 8.20. The smallest absolute Gasteiger partial charge is 0.272 e. The number of non-ortho nitro benzene ring substituents is 1. The van der Waals surface area contributed by atoms with Crippen LogP contribution < -0.4 is 0 Å². The molecule has 0 bridgehead atoms. The average molecular weight is 350 g/mol. The second-order valence-electron chi connectivity index (χ2n) is 5.58. The minimum atomic E-state index is -0.650. The summed E-state index contributed by atoms with van der Waals surface area (Å²) in [6.07, 6.45) is 6.63. The van der Waals surface area contributed by atoms with Gasteiger partial charge in [-0.25, -0.2) is 0 Å². The molecule has 1 atom stereocenters. The minimum absolute atomic E-state index is 0.0424. The molecule has 8 heteroatoms. The van der Waals surface area contributed by atoms with E-state index in [-0.39, 0.29) is 22.5 Å². The SMILES string of the molecule is CCN(CC)C1C=CC(N=Nc2c(C#N)cc([N+](=O)[O-])cc2C#N)=CC1. The topological polar surface area (TPSA) is 119 Å². The van der Waals surface area contributed by atoms with Gasteiger partial charge in [0, 0.05) is 18.2 Å². The van der Waals surface area contributed by atoms with Gasteiger partial charge in [0.15, 0.2) is 0 Å². The van der Waals surface area contributed by atoms with Crippen molar-refractivity contribution in [1.82, 2.24) is 4.90 Å². The average Bonchev–Trinajstić information content (AvgIpc) is 2.67. The summed E-state index contributed by atoms with van der Waals surface area (Å²) in [7, 11) is 0. The molecule has 0 heterocycles. The molecule has 1 aliphatic carbocycles. The van der Waals surface area contributed by atoms with Crippen molar-refractivity contribution in [2.75, 3.05) is 13.1 Å². The van der Waals surface area contributed by atoms with Gasteiger partial charge >= 0.3 is 0 Å². The summed E-state index contributed by atoms with van der Waals surface area (Å²) in [6, 6.07) is 6.17. The maximum Gasteiger partial charge on any atom is 0.272 e. The highest BCUT2D eigenvalue weighted by Crippen LogP contribution is 2.30. The van der Waals surface area contributed by atoms with Gasteiger partial charge in [0.2, 0.25) is 0 Å². The molecule has 0 N–H and O–H groups in total. The molecule has 0 aromatic heterocycles. The number of nitro groups is 1. The second kappa shape index (κ2) is 8.65. The third-order valence-corrected chi connectivity index (χ3v) is 4.15. The Kier molecular flexibility index (Phi) is 6.31. The number of rotatable bonds is 6. The summed E-state index contributed by atoms with van der Waals surface area (Å²) in [4.78, 5) is 12.6. The summed E-state index contributed by atoms with van der Waals surface area (Å²) >= 11 is 0. The molecule has 8 nitrogen and oxygen atoms in total. The van der Waals surface area contributed by atoms with Gasteiger partial charge in [0.1, 0.15) is 17.8 Å². The lowest BCUT2D eigenvalue weighted by Gasteiger charge is -2.27. The van der Waals surface area contributed by atoms with Crippen LogP contribution >= 0.6 is 0 Å². The Morgan fingerprint density at radius 3 is 2.27 bits per heavy atom. The van der Waals surface area contributed by atoms with E-state index in [2.05, 4.69) is 29.0 Å². The second-order valence-corrected chi connectivity index (χ2v) is 5.58. The van der Waals surface area contributed by atoms with Crippen molar-refractivity contribution in [3.63, 3.8) is 0 Å². The van der Waals surface area contributed by atoms with Crippen molar-refractivity contribution in [3.05, 3.63) is 57.3 Å². The van der Waals surface area contributed by atoms with Gasteiger partial charge in [-0.3, -0.25) is 15.0 Å². The Hall–Kier alpha value is -3.36. The van der Waals surface area contributed by atoms with E-state index in [9.17, 15) is 20.6 Å². The monoisotopic (exact) mass is 350 g/mol. The van der Waals surface area contributed by atoms with Crippen molar-refractivity contribution in [2.24, 2.45) is 10.2 Å². The third-order valence-electron chi connectivity index (χ3n) is 4.15. The molecule has 1 aromatic carbocycles. The minimum Gasteiger partial charge on any atom is -0.297 e. The molecule has 0 saturated carbocycles. The summed E-state index contributed by atoms with van der Waals surface area (Å²) in [5.74, 6) is 0. The highest BCUT2D eigenvalue weighted by Gasteiger charge is 2.17. The van der Waals surface area contributed by atoms with Crippen LogP contribution in [-0.4, -0.2) is 29.0 Å². The Labute approximate surface area is 151 Å². The maximum absolute atomic E-state index is 10.9. The predicted molar refractivity (Wildman–Crippen MR) is 95.6 cm³/mol. The Morgan fingerprint density at radius 2 is 1.85 bits per heavy atom. The number of hydrogen-bond donors (Lipinski definition) is 0. The lowest BCUT2D eigenvalue weighted by molar-refractivity contribution is -0.384. The Balaban J connectivity index is 2.27. The molecule has 0 fully saturated rings. The maximum atomic E-state index is 10.9. The zero-order valence-corrected chi connectivity index (χ0v) is 14.6. The normalized spacial score (nSPS) is 16.3. The summed E-state index contributed by atoms with van der Waals surface area (Å²) in [6.45, 7) is 6.13. The fraction of sp³-hybridized carbons (Fsp3) is 0.333. The molecule has 0 aliphatic heterocycles. The van der Waals surface area contributed by atoms with Crippen LogP contribution in [0.15, 0.2) is 46.3 Å². The first-order valence-electron chi connectivity index (χ1n) is 8.20. The standard InChI is InChI=1S/C18H18N6O2/c1-3-23(4-2)16-7-5-15(6-8-16)21-22-18-13(11-19)9-17(24(25)26)10-14(18)12-20/h5-7,9-10,16H,3-4,8H2,1-2H3. The molecule has 0 saturated heterocycles. The summed E-state index contributed by atoms with van der Waals surface area (Å²) in [5, 5.41) is 37.4. The highest BCUT2D eigenvalue weighted by atomic mass is 16.6. The van der Waals surface area contributed by atoms with Crippen molar-refractivity contribution >= 4 is 11.4 Å². The number of likely N-dealkylation sites (N-methyl/N-ethyl adjacent to an activating group) is 1. The third kappa shape index (κ3) is 4.18. The van der Waals surface area contributed by atoms with Crippen molar-refractivity contribution < 1.29 is 4.92 Å². The van der Waals surface area contributed by atoms with Crippen LogP contribution in [-0.2, 0) is 0 Å². The Bertz CT molecular complexity index is 834. The van der Waals surface area contributed by atoms with Crippen LogP contribution in [0.2, 0.25) is 0 Å². The molecule has 0 radical (unpaired) electrons. The molecule has 132 valence electrons. The number of allylic oxidation sites excluding steroid dienone is 1. The van der Waals surface area contributed by atoms with E-state index in [1.54, 1.807) is 0 Å². The van der Waals surface area contributed by atoms with Gasteiger partial charge in [0.05, 0.1) is 21.7 Å². The van der Waals surface area contributed by atoms with Crippen molar-refractivity contribution in [2.45, 2.75) is 26.3 Å². The quantitative estimate of drug-likeness (QED) is 0.437. The first-order chi connectivity index (χ1) is 12.5. The number of nitrogens with zero attached hydrogens (tertiary/aromatic N) is 6. The van der Waals surface area contributed by atoms with E-state index in [1.807, 2.05) is 30.4 Å². The van der Waals surface area contributed by atoms with Crippen LogP contribution in [0.5, 0.6) is 0 Å². The van der Waals surface area contributed by atoms with E-state index in [0.717, 1.165) is 31.6 Å². The molecule has 2 rings (SSSR count). The van der Waals surface area contributed by atoms with Gasteiger partial charge in [0.25, 0.3) is 5.69 Å². The largest absolute Gasteiger partial charge is 0.297 e. The highest BCUT2D eigenvalue weighted by molar-refractivity contribution is 5.66. The molecule has 0 spiro atoms. The van der Waals surface area contributed by atoms with Gasteiger partial charge in [-0.15, -0.1) is 5.11 Å². The number of nitriles is 2. The Morgan fingerprint density at radius 1 is 1.23 bits per heavy atom. The zero-order chi connectivity index (χ0) is 19.1. The van der Waals surface area contributed by atoms with Crippen molar-refractivity contribution in [1.29, 1.82) is 10.5 Å². The predicted octanol–water partition coefficient (Wildman–Crippen LogP) is 3.98. The van der Waals surface area contributed by atoms with Crippen LogP contribution in [0.4, 0.5) is 11.4 Å². The molecule has 1 aromatic rings. The zero-order valence-electron chi connectivity index (χ0n) is 14.6. The number of nitro benzene ring substituents is 1. The molecule has 1 unspecified atom stereocenters. The number of hydrogen-bond acceptors (Lipinski definition) is 7. The lowest BCUT2D eigenvalue weighted by Crippen LogP contribution is -2.33. The van der Waals surface area contributed by atoms with Gasteiger partial charge in [-0.1, -0.05) is 26.0 Å². The van der Waals surface area contributed by atoms with E-state index < -0.39 is 4.92 Å². The van der Waals surface area contributed by atoms with Crippen LogP contribution in [0.25, 0.3) is 0 Å². The van der Waals surface area contributed by atoms with E-state index in [4.69, 9.17) is 0 Å². The van der Waals surface area contributed by atoms with Crippen LogP contribution in [0.1, 0.15) is 31.4 Å². The fourth-order valence-electron chi connectivity index (χ4n) is 2.75. The number of benzene rings is 1. The molecule has 26 heavy (non-hydrogen) atoms. The molecule has 0 amide bonds. The van der Waals surface area contributed by atoms with Crippen LogP contribution in [0, 0.1) is 32.8 Å². The fourth-order valence-corrected chi connectivity index (χ4v) is 2.75. The number of azo groups is 1. The van der Waals surface area contributed by atoms with Gasteiger partial charge < -0.3 is 0 Å². The van der Waals surface area contributed by atoms with E-state index >= 15 is 0 Å². The van der Waals surface area contributed by atoms with Gasteiger partial charge in [-0.05, 0) is 25.6 Å². The molecule has 1 aliphatic rings. The summed E-state index contributed by atoms with van der Waals surface area (Å²) < 4.78 is 0. The lowest BCUT2D eigenvalue weighted by atomic mass is 10.1. The van der Waals surface area contributed by atoms with Crippen LogP contribution in [0.3, 0.4) is 0 Å². The van der Waals surface area contributed by atoms with E-state index in [0.29, 0.717) is 11.7 Å². The van der Waals surface area contributed by atoms with Crippen molar-refractivity contribution in [3.8, 4) is 12.1 Å². The first kappa shape index (κ1) is 19.0.